The van der Waals surface area contributed by atoms with Crippen molar-refractivity contribution < 1.29 is 0 Å². The smallest absolute Gasteiger partial charge is 0.0438 e. The highest BCUT2D eigenvalue weighted by molar-refractivity contribution is 6.31. The summed E-state index contributed by atoms with van der Waals surface area (Å²) in [6, 6.07) is 8.54. The Balaban J connectivity index is 2.05. The molecule has 2 atom stereocenters. The van der Waals surface area contributed by atoms with E-state index in [1.165, 1.54) is 12.0 Å². The maximum absolute atomic E-state index is 6.13. The Kier molecular flexibility index (Phi) is 3.62. The molecule has 0 amide bonds. The Hall–Kier alpha value is -0.570. The molecule has 1 fully saturated rings. The van der Waals surface area contributed by atoms with E-state index in [2.05, 4.69) is 11.4 Å². The predicted molar refractivity (Wildman–Crippen MR) is 64.1 cm³/mol. The third-order valence-electron chi connectivity index (χ3n) is 3.19. The van der Waals surface area contributed by atoms with Crippen molar-refractivity contribution >= 4 is 11.6 Å². The quantitative estimate of drug-likeness (QED) is 0.822. The van der Waals surface area contributed by atoms with Gasteiger partial charge in [-0.15, -0.1) is 0 Å². The fourth-order valence-corrected chi connectivity index (χ4v) is 2.46. The number of hydrogen-bond donors (Lipinski definition) is 2. The average molecular weight is 225 g/mol. The van der Waals surface area contributed by atoms with Crippen molar-refractivity contribution in [2.24, 2.45) is 11.7 Å². The second kappa shape index (κ2) is 4.97. The molecule has 3 N–H and O–H groups in total. The first-order valence-electron chi connectivity index (χ1n) is 5.48. The van der Waals surface area contributed by atoms with Crippen LogP contribution in [0.1, 0.15) is 12.0 Å². The molecule has 3 heteroatoms. The second-order valence-electron chi connectivity index (χ2n) is 4.14. The van der Waals surface area contributed by atoms with Gasteiger partial charge >= 0.3 is 0 Å². The molecular formula is C12H17ClN2. The summed E-state index contributed by atoms with van der Waals surface area (Å²) in [5.74, 6) is 0.598. The molecule has 15 heavy (non-hydrogen) atoms. The summed E-state index contributed by atoms with van der Waals surface area (Å²) >= 11 is 6.13. The van der Waals surface area contributed by atoms with Crippen molar-refractivity contribution in [1.29, 1.82) is 0 Å². The third-order valence-corrected chi connectivity index (χ3v) is 3.56. The first kappa shape index (κ1) is 10.9. The van der Waals surface area contributed by atoms with E-state index in [0.29, 0.717) is 12.0 Å². The molecular weight excluding hydrogens is 208 g/mol. The van der Waals surface area contributed by atoms with Crippen LogP contribution in [0.2, 0.25) is 5.02 Å². The second-order valence-corrected chi connectivity index (χ2v) is 4.55. The van der Waals surface area contributed by atoms with Crippen LogP contribution in [0, 0.1) is 5.92 Å². The molecule has 2 rings (SSSR count). The largest absolute Gasteiger partial charge is 0.330 e. The fourth-order valence-electron chi connectivity index (χ4n) is 2.24. The standard InChI is InChI=1S/C12H17ClN2/c13-11-4-2-1-3-9(11)7-12-10(8-14)5-6-15-12/h1-4,10,12,15H,5-8,14H2. The zero-order chi connectivity index (χ0) is 10.7. The Morgan fingerprint density at radius 3 is 2.93 bits per heavy atom. The van der Waals surface area contributed by atoms with Crippen LogP contribution in [0.5, 0.6) is 0 Å². The van der Waals surface area contributed by atoms with Gasteiger partial charge in [0, 0.05) is 11.1 Å². The van der Waals surface area contributed by atoms with Crippen molar-refractivity contribution in [3.63, 3.8) is 0 Å². The van der Waals surface area contributed by atoms with Gasteiger partial charge in [0.2, 0.25) is 0 Å². The summed E-state index contributed by atoms with van der Waals surface area (Å²) in [6.07, 6.45) is 2.17. The molecule has 1 aliphatic rings. The van der Waals surface area contributed by atoms with E-state index >= 15 is 0 Å². The predicted octanol–water partition coefficient (Wildman–Crippen LogP) is 1.82. The van der Waals surface area contributed by atoms with Gasteiger partial charge in [-0.05, 0) is 43.5 Å². The van der Waals surface area contributed by atoms with E-state index < -0.39 is 0 Å². The molecule has 0 saturated carbocycles. The van der Waals surface area contributed by atoms with Crippen LogP contribution in [0.15, 0.2) is 24.3 Å². The van der Waals surface area contributed by atoms with Crippen molar-refractivity contribution in [3.8, 4) is 0 Å². The molecule has 1 heterocycles. The minimum atomic E-state index is 0.495. The van der Waals surface area contributed by atoms with Gasteiger partial charge in [-0.3, -0.25) is 0 Å². The lowest BCUT2D eigenvalue weighted by Crippen LogP contribution is -2.33. The molecule has 2 unspecified atom stereocenters. The highest BCUT2D eigenvalue weighted by atomic mass is 35.5. The van der Waals surface area contributed by atoms with Crippen LogP contribution < -0.4 is 11.1 Å². The van der Waals surface area contributed by atoms with Crippen molar-refractivity contribution in [2.75, 3.05) is 13.1 Å². The van der Waals surface area contributed by atoms with E-state index in [0.717, 1.165) is 24.5 Å². The van der Waals surface area contributed by atoms with Crippen LogP contribution in [-0.2, 0) is 6.42 Å². The first-order chi connectivity index (χ1) is 7.31. The van der Waals surface area contributed by atoms with Gasteiger partial charge in [-0.2, -0.15) is 0 Å². The Labute approximate surface area is 95.8 Å². The lowest BCUT2D eigenvalue weighted by Gasteiger charge is -2.18. The SMILES string of the molecule is NCC1CCNC1Cc1ccccc1Cl. The minimum absolute atomic E-state index is 0.495. The van der Waals surface area contributed by atoms with E-state index in [4.69, 9.17) is 17.3 Å². The highest BCUT2D eigenvalue weighted by Crippen LogP contribution is 2.22. The Bertz CT molecular complexity index is 327. The van der Waals surface area contributed by atoms with Crippen LogP contribution in [0.25, 0.3) is 0 Å². The van der Waals surface area contributed by atoms with Crippen LogP contribution in [0.3, 0.4) is 0 Å². The van der Waals surface area contributed by atoms with Gasteiger partial charge < -0.3 is 11.1 Å². The number of benzene rings is 1. The summed E-state index contributed by atoms with van der Waals surface area (Å²) in [5.41, 5.74) is 6.96. The number of nitrogens with one attached hydrogen (secondary N) is 1. The summed E-state index contributed by atoms with van der Waals surface area (Å²) in [7, 11) is 0. The lowest BCUT2D eigenvalue weighted by molar-refractivity contribution is 0.454. The topological polar surface area (TPSA) is 38.0 Å². The van der Waals surface area contributed by atoms with E-state index in [9.17, 15) is 0 Å². The van der Waals surface area contributed by atoms with E-state index in [-0.39, 0.29) is 0 Å². The monoisotopic (exact) mass is 224 g/mol. The molecule has 0 aliphatic carbocycles. The number of nitrogens with two attached hydrogens (primary N) is 1. The fraction of sp³-hybridized carbons (Fsp3) is 0.500. The van der Waals surface area contributed by atoms with Gasteiger partial charge in [0.15, 0.2) is 0 Å². The molecule has 1 saturated heterocycles. The maximum Gasteiger partial charge on any atom is 0.0438 e. The van der Waals surface area contributed by atoms with Gasteiger partial charge in [0.1, 0.15) is 0 Å². The van der Waals surface area contributed by atoms with Crippen molar-refractivity contribution in [1.82, 2.24) is 5.32 Å². The summed E-state index contributed by atoms with van der Waals surface area (Å²) in [5, 5.41) is 4.36. The molecule has 0 aromatic heterocycles. The lowest BCUT2D eigenvalue weighted by atomic mass is 9.95. The zero-order valence-corrected chi connectivity index (χ0v) is 9.50. The molecule has 1 aromatic rings. The number of halogens is 1. The van der Waals surface area contributed by atoms with Gasteiger partial charge in [0.05, 0.1) is 0 Å². The summed E-state index contributed by atoms with van der Waals surface area (Å²) in [4.78, 5) is 0. The molecule has 0 radical (unpaired) electrons. The maximum atomic E-state index is 6.13. The molecule has 1 aliphatic heterocycles. The van der Waals surface area contributed by atoms with Crippen molar-refractivity contribution in [2.45, 2.75) is 18.9 Å². The first-order valence-corrected chi connectivity index (χ1v) is 5.86. The van der Waals surface area contributed by atoms with E-state index in [1.807, 2.05) is 18.2 Å². The van der Waals surface area contributed by atoms with Crippen LogP contribution >= 0.6 is 11.6 Å². The minimum Gasteiger partial charge on any atom is -0.330 e. The third kappa shape index (κ3) is 2.51. The molecule has 0 bridgehead atoms. The Morgan fingerprint density at radius 1 is 1.40 bits per heavy atom. The summed E-state index contributed by atoms with van der Waals surface area (Å²) in [6.45, 7) is 1.85. The van der Waals surface area contributed by atoms with Gasteiger partial charge in [-0.25, -0.2) is 0 Å². The van der Waals surface area contributed by atoms with Gasteiger partial charge in [0.25, 0.3) is 0 Å². The molecule has 82 valence electrons. The normalized spacial score (nSPS) is 25.7. The Morgan fingerprint density at radius 2 is 2.20 bits per heavy atom. The highest BCUT2D eigenvalue weighted by Gasteiger charge is 2.25. The van der Waals surface area contributed by atoms with Gasteiger partial charge in [-0.1, -0.05) is 29.8 Å². The average Bonchev–Trinajstić information content (AvgIpc) is 2.69. The zero-order valence-electron chi connectivity index (χ0n) is 8.75. The molecule has 1 aromatic carbocycles. The van der Waals surface area contributed by atoms with Crippen molar-refractivity contribution in [3.05, 3.63) is 34.9 Å². The van der Waals surface area contributed by atoms with E-state index in [1.54, 1.807) is 0 Å². The molecule has 0 spiro atoms. The number of hydrogen-bond acceptors (Lipinski definition) is 2. The summed E-state index contributed by atoms with van der Waals surface area (Å²) < 4.78 is 0. The molecule has 2 nitrogen and oxygen atoms in total. The van der Waals surface area contributed by atoms with Crippen LogP contribution in [-0.4, -0.2) is 19.1 Å². The van der Waals surface area contributed by atoms with Crippen LogP contribution in [0.4, 0.5) is 0 Å². The number of rotatable bonds is 3.